The Kier molecular flexibility index (Phi) is 8.11. The van der Waals surface area contributed by atoms with Crippen LogP contribution >= 0.6 is 27.7 Å². The van der Waals surface area contributed by atoms with Crippen LogP contribution in [0.15, 0.2) is 93.6 Å². The Balaban J connectivity index is 1.48. The van der Waals surface area contributed by atoms with Crippen molar-refractivity contribution in [1.29, 1.82) is 0 Å². The third kappa shape index (κ3) is 5.92. The number of carbonyl (C=O) groups excluding carboxylic acids is 1. The Labute approximate surface area is 210 Å². The van der Waals surface area contributed by atoms with E-state index in [0.29, 0.717) is 23.3 Å². The Morgan fingerprint density at radius 1 is 1.06 bits per heavy atom. The first kappa shape index (κ1) is 23.7. The number of thioether (sulfide) groups is 1. The summed E-state index contributed by atoms with van der Waals surface area (Å²) in [5, 5.41) is 13.4. The third-order valence-corrected chi connectivity index (χ3v) is 6.15. The summed E-state index contributed by atoms with van der Waals surface area (Å²) in [5.74, 6) is 1.31. The van der Waals surface area contributed by atoms with Crippen molar-refractivity contribution in [2.45, 2.75) is 12.1 Å². The van der Waals surface area contributed by atoms with Crippen LogP contribution in [-0.4, -0.2) is 39.2 Å². The molecule has 0 radical (unpaired) electrons. The lowest BCUT2D eigenvalue weighted by atomic mass is 10.2. The van der Waals surface area contributed by atoms with Gasteiger partial charge in [0, 0.05) is 21.3 Å². The first-order valence-electron chi connectivity index (χ1n) is 10.6. The van der Waals surface area contributed by atoms with Crippen LogP contribution in [0.2, 0.25) is 0 Å². The van der Waals surface area contributed by atoms with Gasteiger partial charge in [-0.25, -0.2) is 5.43 Å². The number of nitrogens with zero attached hydrogens (tertiary/aromatic N) is 4. The summed E-state index contributed by atoms with van der Waals surface area (Å²) >= 11 is 4.77. The zero-order valence-electron chi connectivity index (χ0n) is 18.4. The van der Waals surface area contributed by atoms with Crippen LogP contribution in [0, 0.1) is 0 Å². The number of hydrogen-bond donors (Lipinski definition) is 1. The molecule has 4 rings (SSSR count). The van der Waals surface area contributed by atoms with Crippen molar-refractivity contribution in [3.8, 4) is 22.8 Å². The second kappa shape index (κ2) is 11.6. The molecular weight excluding hydrogens is 514 g/mol. The molecule has 0 spiro atoms. The molecule has 4 aromatic rings. The summed E-state index contributed by atoms with van der Waals surface area (Å²) in [7, 11) is 0. The van der Waals surface area contributed by atoms with Crippen molar-refractivity contribution in [3.05, 3.63) is 88.9 Å². The maximum Gasteiger partial charge on any atom is 0.250 e. The average molecular weight is 536 g/mol. The molecule has 0 unspecified atom stereocenters. The van der Waals surface area contributed by atoms with E-state index in [4.69, 9.17) is 4.74 Å². The molecule has 0 saturated heterocycles. The summed E-state index contributed by atoms with van der Waals surface area (Å²) < 4.78 is 8.49. The summed E-state index contributed by atoms with van der Waals surface area (Å²) in [5.41, 5.74) is 5.20. The van der Waals surface area contributed by atoms with Crippen LogP contribution in [0.4, 0.5) is 0 Å². The fourth-order valence-corrected chi connectivity index (χ4v) is 4.18. The van der Waals surface area contributed by atoms with E-state index >= 15 is 0 Å². The predicted octanol–water partition coefficient (Wildman–Crippen LogP) is 5.34. The van der Waals surface area contributed by atoms with Gasteiger partial charge in [-0.05, 0) is 43.3 Å². The largest absolute Gasteiger partial charge is 0.493 e. The number of hydrazone groups is 1. The second-order valence-corrected chi connectivity index (χ2v) is 8.89. The zero-order valence-corrected chi connectivity index (χ0v) is 20.8. The minimum Gasteiger partial charge on any atom is -0.493 e. The summed E-state index contributed by atoms with van der Waals surface area (Å²) in [6, 6.07) is 25.2. The van der Waals surface area contributed by atoms with Gasteiger partial charge in [-0.3, -0.25) is 9.36 Å². The monoisotopic (exact) mass is 535 g/mol. The second-order valence-electron chi connectivity index (χ2n) is 7.04. The number of amides is 1. The highest BCUT2D eigenvalue weighted by Gasteiger charge is 2.17. The molecule has 0 bridgehead atoms. The van der Waals surface area contributed by atoms with Gasteiger partial charge in [0.25, 0.3) is 5.91 Å². The summed E-state index contributed by atoms with van der Waals surface area (Å²) in [6.07, 6.45) is 1.57. The van der Waals surface area contributed by atoms with E-state index in [-0.39, 0.29) is 11.7 Å². The van der Waals surface area contributed by atoms with E-state index in [2.05, 4.69) is 36.7 Å². The highest BCUT2D eigenvalue weighted by molar-refractivity contribution is 9.10. The Morgan fingerprint density at radius 3 is 2.56 bits per heavy atom. The number of aromatic nitrogens is 3. The molecule has 1 heterocycles. The van der Waals surface area contributed by atoms with E-state index in [0.717, 1.165) is 21.3 Å². The Hall–Kier alpha value is -3.43. The van der Waals surface area contributed by atoms with Gasteiger partial charge in [0.05, 0.1) is 18.6 Å². The van der Waals surface area contributed by atoms with Crippen molar-refractivity contribution < 1.29 is 9.53 Å². The summed E-state index contributed by atoms with van der Waals surface area (Å²) in [4.78, 5) is 12.4. The average Bonchev–Trinajstić information content (AvgIpc) is 3.29. The fraction of sp³-hybridized carbons (Fsp3) is 0.120. The molecule has 7 nitrogen and oxygen atoms in total. The molecule has 0 aliphatic heterocycles. The molecule has 0 aliphatic rings. The van der Waals surface area contributed by atoms with Crippen LogP contribution in [-0.2, 0) is 4.79 Å². The molecule has 3 aromatic carbocycles. The fourth-order valence-electron chi connectivity index (χ4n) is 3.17. The standard InChI is InChI=1S/C25H22BrN5O2S/c1-2-33-22-11-7-6-10-19(22)16-27-28-23(32)17-34-25-30-29-24(18-8-4-3-5-9-18)31(25)21-14-12-20(26)13-15-21/h3-16H,2,17H2,1H3,(H,28,32)/b27-16-. The minimum atomic E-state index is -0.248. The third-order valence-electron chi connectivity index (χ3n) is 4.69. The first-order valence-corrected chi connectivity index (χ1v) is 12.4. The molecule has 34 heavy (non-hydrogen) atoms. The van der Waals surface area contributed by atoms with E-state index in [1.807, 2.05) is 90.4 Å². The van der Waals surface area contributed by atoms with Crippen molar-refractivity contribution in [3.63, 3.8) is 0 Å². The van der Waals surface area contributed by atoms with Crippen LogP contribution in [0.3, 0.4) is 0 Å². The minimum absolute atomic E-state index is 0.133. The number of para-hydroxylation sites is 1. The van der Waals surface area contributed by atoms with Gasteiger partial charge in [0.2, 0.25) is 0 Å². The molecule has 0 atom stereocenters. The Bertz CT molecular complexity index is 1280. The number of hydrogen-bond acceptors (Lipinski definition) is 6. The molecule has 0 aliphatic carbocycles. The lowest BCUT2D eigenvalue weighted by Gasteiger charge is -2.10. The normalized spacial score (nSPS) is 11.0. The molecule has 1 aromatic heterocycles. The maximum atomic E-state index is 12.4. The van der Waals surface area contributed by atoms with Gasteiger partial charge in [-0.15, -0.1) is 10.2 Å². The first-order chi connectivity index (χ1) is 16.7. The number of nitrogens with one attached hydrogen (secondary N) is 1. The lowest BCUT2D eigenvalue weighted by molar-refractivity contribution is -0.118. The highest BCUT2D eigenvalue weighted by atomic mass is 79.9. The highest BCUT2D eigenvalue weighted by Crippen LogP contribution is 2.28. The van der Waals surface area contributed by atoms with Gasteiger partial charge >= 0.3 is 0 Å². The molecule has 172 valence electrons. The predicted molar refractivity (Wildman–Crippen MR) is 139 cm³/mol. The van der Waals surface area contributed by atoms with E-state index in [1.54, 1.807) is 6.21 Å². The van der Waals surface area contributed by atoms with Crippen molar-refractivity contribution >= 4 is 39.8 Å². The molecule has 1 amide bonds. The van der Waals surface area contributed by atoms with Gasteiger partial charge in [-0.2, -0.15) is 5.10 Å². The number of rotatable bonds is 9. The van der Waals surface area contributed by atoms with Crippen molar-refractivity contribution in [2.24, 2.45) is 5.10 Å². The lowest BCUT2D eigenvalue weighted by Crippen LogP contribution is -2.20. The molecule has 0 saturated carbocycles. The van der Waals surface area contributed by atoms with Crippen LogP contribution < -0.4 is 10.2 Å². The molecular formula is C25H22BrN5O2S. The molecule has 1 N–H and O–H groups in total. The van der Waals surface area contributed by atoms with Gasteiger partial charge < -0.3 is 4.74 Å². The number of ether oxygens (including phenoxy) is 1. The zero-order chi connectivity index (χ0) is 23.8. The number of benzene rings is 3. The smallest absolute Gasteiger partial charge is 0.250 e. The molecule has 0 fully saturated rings. The van der Waals surface area contributed by atoms with E-state index < -0.39 is 0 Å². The Morgan fingerprint density at radius 2 is 1.79 bits per heavy atom. The van der Waals surface area contributed by atoms with Crippen molar-refractivity contribution in [2.75, 3.05) is 12.4 Å². The topological polar surface area (TPSA) is 81.4 Å². The van der Waals surface area contributed by atoms with Crippen LogP contribution in [0.1, 0.15) is 12.5 Å². The summed E-state index contributed by atoms with van der Waals surface area (Å²) in [6.45, 7) is 2.47. The van der Waals surface area contributed by atoms with Gasteiger partial charge in [0.1, 0.15) is 5.75 Å². The van der Waals surface area contributed by atoms with Crippen LogP contribution in [0.25, 0.3) is 17.1 Å². The van der Waals surface area contributed by atoms with Gasteiger partial charge in [0.15, 0.2) is 11.0 Å². The van der Waals surface area contributed by atoms with Gasteiger partial charge in [-0.1, -0.05) is 70.2 Å². The maximum absolute atomic E-state index is 12.4. The van der Waals surface area contributed by atoms with Crippen LogP contribution in [0.5, 0.6) is 5.75 Å². The van der Waals surface area contributed by atoms with E-state index in [1.165, 1.54) is 11.8 Å². The number of carbonyl (C=O) groups is 1. The molecule has 9 heteroatoms. The number of halogens is 1. The van der Waals surface area contributed by atoms with E-state index in [9.17, 15) is 4.79 Å². The quantitative estimate of drug-likeness (QED) is 0.178. The SMILES string of the molecule is CCOc1ccccc1/C=N\NC(=O)CSc1nnc(-c2ccccc2)n1-c1ccc(Br)cc1. The van der Waals surface area contributed by atoms with Crippen molar-refractivity contribution in [1.82, 2.24) is 20.2 Å².